The first-order chi connectivity index (χ1) is 13.7. The SMILES string of the molecule is COc1ccc(CN2CCC3(CC2)CN(Cc2ccccn2)C(=O)CO3)cc1. The molecule has 4 rings (SSSR count). The lowest BCUT2D eigenvalue weighted by atomic mass is 9.89. The van der Waals surface area contributed by atoms with Crippen LogP contribution in [-0.2, 0) is 22.6 Å². The van der Waals surface area contributed by atoms with Crippen molar-refractivity contribution in [3.8, 4) is 5.75 Å². The molecule has 0 unspecified atom stereocenters. The third-order valence-electron chi connectivity index (χ3n) is 5.75. The molecule has 0 saturated carbocycles. The van der Waals surface area contributed by atoms with E-state index in [9.17, 15) is 4.79 Å². The molecule has 0 aliphatic carbocycles. The second-order valence-corrected chi connectivity index (χ2v) is 7.67. The number of likely N-dealkylation sites (tertiary alicyclic amines) is 1. The molecule has 28 heavy (non-hydrogen) atoms. The van der Waals surface area contributed by atoms with Crippen LogP contribution < -0.4 is 4.74 Å². The zero-order chi connectivity index (χ0) is 19.4. The van der Waals surface area contributed by atoms with Crippen molar-refractivity contribution in [2.45, 2.75) is 31.5 Å². The lowest BCUT2D eigenvalue weighted by Crippen LogP contribution is -2.58. The van der Waals surface area contributed by atoms with E-state index in [1.165, 1.54) is 5.56 Å². The number of morpholine rings is 1. The average molecular weight is 381 g/mol. The fraction of sp³-hybridized carbons (Fsp3) is 0.455. The molecular weight excluding hydrogens is 354 g/mol. The van der Waals surface area contributed by atoms with Crippen molar-refractivity contribution >= 4 is 5.91 Å². The van der Waals surface area contributed by atoms with E-state index in [-0.39, 0.29) is 18.1 Å². The van der Waals surface area contributed by atoms with Gasteiger partial charge in [0.05, 0.1) is 31.5 Å². The first-order valence-corrected chi connectivity index (χ1v) is 9.83. The largest absolute Gasteiger partial charge is 0.497 e. The third kappa shape index (κ3) is 4.34. The summed E-state index contributed by atoms with van der Waals surface area (Å²) in [4.78, 5) is 21.1. The van der Waals surface area contributed by atoms with Gasteiger partial charge in [0.2, 0.25) is 5.91 Å². The molecule has 3 heterocycles. The quantitative estimate of drug-likeness (QED) is 0.797. The van der Waals surface area contributed by atoms with Gasteiger partial charge >= 0.3 is 0 Å². The van der Waals surface area contributed by atoms with Crippen molar-refractivity contribution < 1.29 is 14.3 Å². The van der Waals surface area contributed by atoms with Crippen LogP contribution in [0.25, 0.3) is 0 Å². The molecule has 1 aromatic carbocycles. The smallest absolute Gasteiger partial charge is 0.249 e. The summed E-state index contributed by atoms with van der Waals surface area (Å²) in [6.45, 7) is 4.25. The minimum atomic E-state index is -0.223. The number of methoxy groups -OCH3 is 1. The lowest BCUT2D eigenvalue weighted by Gasteiger charge is -2.47. The first-order valence-electron chi connectivity index (χ1n) is 9.83. The molecule has 2 fully saturated rings. The van der Waals surface area contributed by atoms with Crippen molar-refractivity contribution in [1.29, 1.82) is 0 Å². The van der Waals surface area contributed by atoms with Crippen molar-refractivity contribution in [3.05, 3.63) is 59.9 Å². The van der Waals surface area contributed by atoms with Gasteiger partial charge < -0.3 is 14.4 Å². The summed E-state index contributed by atoms with van der Waals surface area (Å²) in [5.41, 5.74) is 1.98. The Bertz CT molecular complexity index is 786. The Morgan fingerprint density at radius 2 is 1.89 bits per heavy atom. The van der Waals surface area contributed by atoms with E-state index in [0.29, 0.717) is 13.1 Å². The summed E-state index contributed by atoms with van der Waals surface area (Å²) in [6.07, 6.45) is 3.65. The zero-order valence-corrected chi connectivity index (χ0v) is 16.3. The number of carbonyl (C=O) groups is 1. The van der Waals surface area contributed by atoms with Gasteiger partial charge in [-0.25, -0.2) is 0 Å². The van der Waals surface area contributed by atoms with Gasteiger partial charge in [0.15, 0.2) is 0 Å². The van der Waals surface area contributed by atoms with Crippen LogP contribution >= 0.6 is 0 Å². The molecule has 1 aromatic heterocycles. The van der Waals surface area contributed by atoms with E-state index in [1.807, 2.05) is 35.2 Å². The number of benzene rings is 1. The van der Waals surface area contributed by atoms with E-state index in [2.05, 4.69) is 22.0 Å². The van der Waals surface area contributed by atoms with Gasteiger partial charge in [-0.1, -0.05) is 18.2 Å². The Morgan fingerprint density at radius 1 is 1.11 bits per heavy atom. The maximum atomic E-state index is 12.3. The van der Waals surface area contributed by atoms with Gasteiger partial charge in [0, 0.05) is 25.8 Å². The molecule has 1 spiro atoms. The molecule has 2 aliphatic rings. The average Bonchev–Trinajstić information content (AvgIpc) is 2.74. The maximum absolute atomic E-state index is 12.3. The molecule has 6 nitrogen and oxygen atoms in total. The fourth-order valence-electron chi connectivity index (χ4n) is 4.03. The number of hydrogen-bond donors (Lipinski definition) is 0. The van der Waals surface area contributed by atoms with Crippen LogP contribution in [0, 0.1) is 0 Å². The number of aromatic nitrogens is 1. The van der Waals surface area contributed by atoms with Crippen molar-refractivity contribution in [2.24, 2.45) is 0 Å². The molecule has 0 bridgehead atoms. The molecule has 6 heteroatoms. The Morgan fingerprint density at radius 3 is 2.57 bits per heavy atom. The number of rotatable bonds is 5. The fourth-order valence-corrected chi connectivity index (χ4v) is 4.03. The summed E-state index contributed by atoms with van der Waals surface area (Å²) < 4.78 is 11.3. The van der Waals surface area contributed by atoms with E-state index in [4.69, 9.17) is 9.47 Å². The second-order valence-electron chi connectivity index (χ2n) is 7.67. The zero-order valence-electron chi connectivity index (χ0n) is 16.3. The first kappa shape index (κ1) is 18.9. The topological polar surface area (TPSA) is 54.9 Å². The summed E-state index contributed by atoms with van der Waals surface area (Å²) in [5, 5.41) is 0. The standard InChI is InChI=1S/C22H27N3O3/c1-27-20-7-5-18(6-8-20)14-24-12-9-22(10-13-24)17-25(21(26)16-28-22)15-19-4-2-3-11-23-19/h2-8,11H,9-10,12-17H2,1H3. The molecular formula is C22H27N3O3. The number of amides is 1. The normalized spacial score (nSPS) is 19.8. The molecule has 2 aromatic rings. The summed E-state index contributed by atoms with van der Waals surface area (Å²) >= 11 is 0. The molecule has 2 saturated heterocycles. The van der Waals surface area contributed by atoms with Gasteiger partial charge in [0.1, 0.15) is 12.4 Å². The predicted octanol–water partition coefficient (Wildman–Crippen LogP) is 2.48. The summed E-state index contributed by atoms with van der Waals surface area (Å²) in [6, 6.07) is 14.1. The number of ether oxygens (including phenoxy) is 2. The van der Waals surface area contributed by atoms with E-state index < -0.39 is 0 Å². The monoisotopic (exact) mass is 381 g/mol. The minimum absolute atomic E-state index is 0.0527. The maximum Gasteiger partial charge on any atom is 0.249 e. The van der Waals surface area contributed by atoms with Crippen LogP contribution in [0.2, 0.25) is 0 Å². The summed E-state index contributed by atoms with van der Waals surface area (Å²) in [7, 11) is 1.69. The highest BCUT2D eigenvalue weighted by atomic mass is 16.5. The van der Waals surface area contributed by atoms with Gasteiger partial charge in [-0.15, -0.1) is 0 Å². The summed E-state index contributed by atoms with van der Waals surface area (Å²) in [5.74, 6) is 0.937. The van der Waals surface area contributed by atoms with Gasteiger partial charge in [-0.2, -0.15) is 0 Å². The Kier molecular flexibility index (Phi) is 5.59. The molecule has 148 valence electrons. The van der Waals surface area contributed by atoms with Crippen molar-refractivity contribution in [1.82, 2.24) is 14.8 Å². The minimum Gasteiger partial charge on any atom is -0.497 e. The lowest BCUT2D eigenvalue weighted by molar-refractivity contribution is -0.172. The number of nitrogens with zero attached hydrogens (tertiary/aromatic N) is 3. The van der Waals surface area contributed by atoms with E-state index in [0.717, 1.165) is 43.9 Å². The van der Waals surface area contributed by atoms with E-state index >= 15 is 0 Å². The van der Waals surface area contributed by atoms with Crippen LogP contribution in [0.3, 0.4) is 0 Å². The van der Waals surface area contributed by atoms with Crippen molar-refractivity contribution in [3.63, 3.8) is 0 Å². The highest BCUT2D eigenvalue weighted by Gasteiger charge is 2.42. The van der Waals surface area contributed by atoms with Crippen LogP contribution in [0.5, 0.6) is 5.75 Å². The predicted molar refractivity (Wildman–Crippen MR) is 106 cm³/mol. The van der Waals surface area contributed by atoms with E-state index in [1.54, 1.807) is 13.3 Å². The number of carbonyl (C=O) groups excluding carboxylic acids is 1. The molecule has 0 N–H and O–H groups in total. The van der Waals surface area contributed by atoms with Crippen LogP contribution in [0.4, 0.5) is 0 Å². The van der Waals surface area contributed by atoms with Crippen LogP contribution in [0.1, 0.15) is 24.1 Å². The number of hydrogen-bond acceptors (Lipinski definition) is 5. The molecule has 0 atom stereocenters. The van der Waals surface area contributed by atoms with Crippen molar-refractivity contribution in [2.75, 3.05) is 33.4 Å². The molecule has 0 radical (unpaired) electrons. The number of piperidine rings is 1. The van der Waals surface area contributed by atoms with Crippen LogP contribution in [-0.4, -0.2) is 59.6 Å². The van der Waals surface area contributed by atoms with Gasteiger partial charge in [-0.05, 0) is 42.7 Å². The third-order valence-corrected chi connectivity index (χ3v) is 5.75. The molecule has 2 aliphatic heterocycles. The van der Waals surface area contributed by atoms with Crippen LogP contribution in [0.15, 0.2) is 48.7 Å². The Labute approximate surface area is 166 Å². The highest BCUT2D eigenvalue weighted by molar-refractivity contribution is 5.78. The molecule has 1 amide bonds. The highest BCUT2D eigenvalue weighted by Crippen LogP contribution is 2.31. The van der Waals surface area contributed by atoms with Gasteiger partial charge in [0.25, 0.3) is 0 Å². The van der Waals surface area contributed by atoms with Gasteiger partial charge in [-0.3, -0.25) is 14.7 Å². The Hall–Kier alpha value is -2.44. The number of pyridine rings is 1. The second kappa shape index (κ2) is 8.29. The Balaban J connectivity index is 1.34.